The summed E-state index contributed by atoms with van der Waals surface area (Å²) >= 11 is 0. The van der Waals surface area contributed by atoms with Crippen LogP contribution in [0.5, 0.6) is 0 Å². The van der Waals surface area contributed by atoms with Crippen LogP contribution < -0.4 is 0 Å². The lowest BCUT2D eigenvalue weighted by molar-refractivity contribution is 0.156. The van der Waals surface area contributed by atoms with Crippen molar-refractivity contribution in [3.63, 3.8) is 0 Å². The second-order valence-electron chi connectivity index (χ2n) is 3.07. The molecule has 15 heavy (non-hydrogen) atoms. The molecule has 2 aromatic rings. The predicted molar refractivity (Wildman–Crippen MR) is 52.0 cm³/mol. The highest BCUT2D eigenvalue weighted by Gasteiger charge is 2.10. The molecule has 2 rings (SSSR count). The molecule has 0 saturated carbocycles. The molecule has 0 bridgehead atoms. The number of hydrogen-bond acceptors (Lipinski definition) is 5. The highest BCUT2D eigenvalue weighted by Crippen LogP contribution is 2.15. The van der Waals surface area contributed by atoms with Gasteiger partial charge in [0.2, 0.25) is 5.82 Å². The molecule has 6 heteroatoms. The van der Waals surface area contributed by atoms with Crippen LogP contribution in [-0.2, 0) is 17.8 Å². The van der Waals surface area contributed by atoms with Crippen molar-refractivity contribution in [3.8, 4) is 11.5 Å². The van der Waals surface area contributed by atoms with Gasteiger partial charge in [0.1, 0.15) is 12.4 Å². The fourth-order valence-corrected chi connectivity index (χ4v) is 1.20. The van der Waals surface area contributed by atoms with Crippen LogP contribution in [0.4, 0.5) is 0 Å². The van der Waals surface area contributed by atoms with Gasteiger partial charge in [-0.25, -0.2) is 4.98 Å². The molecule has 1 N–H and O–H groups in total. The van der Waals surface area contributed by atoms with Gasteiger partial charge in [0, 0.05) is 19.6 Å². The Bertz CT molecular complexity index is 435. The topological polar surface area (TPSA) is 76.8 Å². The van der Waals surface area contributed by atoms with E-state index >= 15 is 0 Å². The van der Waals surface area contributed by atoms with E-state index in [4.69, 9.17) is 9.26 Å². The maximum Gasteiger partial charge on any atom is 0.203 e. The summed E-state index contributed by atoms with van der Waals surface area (Å²) in [4.78, 5) is 4.24. The Morgan fingerprint density at radius 1 is 1.53 bits per heavy atom. The van der Waals surface area contributed by atoms with Gasteiger partial charge in [-0.3, -0.25) is 5.10 Å². The minimum atomic E-state index is 0.401. The van der Waals surface area contributed by atoms with Gasteiger partial charge in [-0.1, -0.05) is 12.1 Å². The van der Waals surface area contributed by atoms with Crippen molar-refractivity contribution in [2.75, 3.05) is 7.11 Å². The minimum Gasteiger partial charge on any atom is -0.377 e. The number of aromatic nitrogens is 4. The first-order valence-corrected chi connectivity index (χ1v) is 4.69. The summed E-state index contributed by atoms with van der Waals surface area (Å²) in [5, 5.41) is 10.7. The van der Waals surface area contributed by atoms with Crippen LogP contribution in [0.15, 0.2) is 10.6 Å². The number of rotatable bonds is 4. The predicted octanol–water partition coefficient (Wildman–Crippen LogP) is 1.17. The zero-order valence-electron chi connectivity index (χ0n) is 8.65. The van der Waals surface area contributed by atoms with Crippen molar-refractivity contribution in [2.24, 2.45) is 0 Å². The largest absolute Gasteiger partial charge is 0.377 e. The van der Waals surface area contributed by atoms with E-state index in [1.807, 2.05) is 6.92 Å². The molecule has 0 aliphatic carbocycles. The molecule has 0 radical (unpaired) electrons. The summed E-state index contributed by atoms with van der Waals surface area (Å²) in [6.45, 7) is 2.40. The lowest BCUT2D eigenvalue weighted by Gasteiger charge is -1.87. The third kappa shape index (κ3) is 2.04. The van der Waals surface area contributed by atoms with E-state index < -0.39 is 0 Å². The number of aromatic amines is 1. The molecule has 0 spiro atoms. The smallest absolute Gasteiger partial charge is 0.203 e. The molecule has 0 aliphatic heterocycles. The number of ether oxygens (including phenoxy) is 1. The molecule has 6 nitrogen and oxygen atoms in total. The molecule has 0 fully saturated rings. The molecule has 0 saturated heterocycles. The lowest BCUT2D eigenvalue weighted by atomic mass is 10.3. The second kappa shape index (κ2) is 4.22. The molecular weight excluding hydrogens is 196 g/mol. The van der Waals surface area contributed by atoms with E-state index in [0.29, 0.717) is 23.9 Å². The molecule has 0 amide bonds. The maximum absolute atomic E-state index is 5.03. The van der Waals surface area contributed by atoms with E-state index in [0.717, 1.165) is 12.2 Å². The van der Waals surface area contributed by atoms with Crippen molar-refractivity contribution >= 4 is 0 Å². The van der Waals surface area contributed by atoms with Crippen LogP contribution in [0.3, 0.4) is 0 Å². The van der Waals surface area contributed by atoms with Crippen molar-refractivity contribution in [1.29, 1.82) is 0 Å². The van der Waals surface area contributed by atoms with Crippen LogP contribution in [0, 0.1) is 0 Å². The maximum atomic E-state index is 5.03. The molecule has 2 heterocycles. The fraction of sp³-hybridized carbons (Fsp3) is 0.444. The van der Waals surface area contributed by atoms with Crippen LogP contribution in [-0.4, -0.2) is 27.4 Å². The Balaban J connectivity index is 2.21. The highest BCUT2D eigenvalue weighted by atomic mass is 16.5. The number of aryl methyl sites for hydroxylation is 1. The monoisotopic (exact) mass is 208 g/mol. The van der Waals surface area contributed by atoms with Crippen LogP contribution in [0.1, 0.15) is 18.5 Å². The third-order valence-electron chi connectivity index (χ3n) is 1.94. The zero-order valence-corrected chi connectivity index (χ0v) is 8.65. The number of nitrogens with one attached hydrogen (secondary N) is 1. The molecule has 80 valence electrons. The standard InChI is InChI=1S/C9H12N4O2/c1-3-8-10-9(12-11-8)7-4-6(5-14-2)15-13-7/h4H,3,5H2,1-2H3,(H,10,11,12). The van der Waals surface area contributed by atoms with Crippen LogP contribution >= 0.6 is 0 Å². The van der Waals surface area contributed by atoms with Gasteiger partial charge in [-0.15, -0.1) is 0 Å². The summed E-state index contributed by atoms with van der Waals surface area (Å²) in [6.07, 6.45) is 0.815. The molecule has 0 aliphatic rings. The second-order valence-corrected chi connectivity index (χ2v) is 3.07. The van der Waals surface area contributed by atoms with Crippen molar-refractivity contribution in [3.05, 3.63) is 17.7 Å². The molecule has 0 unspecified atom stereocenters. The quantitative estimate of drug-likeness (QED) is 0.816. The van der Waals surface area contributed by atoms with E-state index in [-0.39, 0.29) is 0 Å². The van der Waals surface area contributed by atoms with Gasteiger partial charge in [0.25, 0.3) is 0 Å². The van der Waals surface area contributed by atoms with Crippen molar-refractivity contribution in [1.82, 2.24) is 20.3 Å². The van der Waals surface area contributed by atoms with E-state index in [1.54, 1.807) is 13.2 Å². The first-order chi connectivity index (χ1) is 7.33. The van der Waals surface area contributed by atoms with Gasteiger partial charge in [-0.2, -0.15) is 5.10 Å². The van der Waals surface area contributed by atoms with Crippen LogP contribution in [0.2, 0.25) is 0 Å². The van der Waals surface area contributed by atoms with Gasteiger partial charge in [-0.05, 0) is 0 Å². The van der Waals surface area contributed by atoms with Gasteiger partial charge in [0.05, 0.1) is 0 Å². The normalized spacial score (nSPS) is 10.8. The number of methoxy groups -OCH3 is 1. The van der Waals surface area contributed by atoms with Crippen molar-refractivity contribution in [2.45, 2.75) is 20.0 Å². The highest BCUT2D eigenvalue weighted by molar-refractivity contribution is 5.47. The average Bonchev–Trinajstić information content (AvgIpc) is 2.85. The molecule has 0 aromatic carbocycles. The van der Waals surface area contributed by atoms with Gasteiger partial charge < -0.3 is 9.26 Å². The first-order valence-electron chi connectivity index (χ1n) is 4.69. The number of nitrogens with zero attached hydrogens (tertiary/aromatic N) is 3. The summed E-state index contributed by atoms with van der Waals surface area (Å²) in [7, 11) is 1.60. The SMILES string of the molecule is CCc1nc(-c2cc(COC)on2)n[nH]1. The Morgan fingerprint density at radius 3 is 3.07 bits per heavy atom. The first kappa shape index (κ1) is 9.85. The van der Waals surface area contributed by atoms with Gasteiger partial charge in [0.15, 0.2) is 11.5 Å². The Kier molecular flexibility index (Phi) is 2.77. The number of hydrogen-bond donors (Lipinski definition) is 1. The lowest BCUT2D eigenvalue weighted by Crippen LogP contribution is -1.83. The average molecular weight is 208 g/mol. The third-order valence-corrected chi connectivity index (χ3v) is 1.94. The summed E-state index contributed by atoms with van der Waals surface area (Å²) in [6, 6.07) is 1.77. The van der Waals surface area contributed by atoms with Crippen molar-refractivity contribution < 1.29 is 9.26 Å². The minimum absolute atomic E-state index is 0.401. The van der Waals surface area contributed by atoms with E-state index in [2.05, 4.69) is 20.3 Å². The fourth-order valence-electron chi connectivity index (χ4n) is 1.20. The Morgan fingerprint density at radius 2 is 2.40 bits per heavy atom. The molecule has 0 atom stereocenters. The molecular formula is C9H12N4O2. The molecule has 2 aromatic heterocycles. The van der Waals surface area contributed by atoms with Gasteiger partial charge >= 0.3 is 0 Å². The summed E-state index contributed by atoms with van der Waals surface area (Å²) < 4.78 is 9.95. The van der Waals surface area contributed by atoms with Crippen LogP contribution in [0.25, 0.3) is 11.5 Å². The zero-order chi connectivity index (χ0) is 10.7. The summed E-state index contributed by atoms with van der Waals surface area (Å²) in [5.74, 6) is 2.05. The van der Waals surface area contributed by atoms with E-state index in [1.165, 1.54) is 0 Å². The number of H-pyrrole nitrogens is 1. The summed E-state index contributed by atoms with van der Waals surface area (Å²) in [5.41, 5.74) is 0.623. The van der Waals surface area contributed by atoms with E-state index in [9.17, 15) is 0 Å². The Labute approximate surface area is 86.6 Å². The Hall–Kier alpha value is -1.69.